The molecule has 5 aliphatic carbocycles. The van der Waals surface area contributed by atoms with Gasteiger partial charge >= 0.3 is 5.97 Å². The highest BCUT2D eigenvalue weighted by molar-refractivity contribution is 5.95. The monoisotopic (exact) mass is 469 g/mol. The van der Waals surface area contributed by atoms with Crippen molar-refractivity contribution in [1.82, 2.24) is 0 Å². The lowest BCUT2D eigenvalue weighted by Crippen LogP contribution is -2.67. The number of carbonyl (C=O) groups excluding carboxylic acids is 1. The van der Waals surface area contributed by atoms with E-state index in [1.165, 1.54) is 5.57 Å². The van der Waals surface area contributed by atoms with Gasteiger partial charge in [-0.15, -0.1) is 0 Å². The van der Waals surface area contributed by atoms with Gasteiger partial charge < -0.3 is 10.8 Å². The minimum absolute atomic E-state index is 0.0260. The van der Waals surface area contributed by atoms with Crippen molar-refractivity contribution < 1.29 is 14.7 Å². The van der Waals surface area contributed by atoms with E-state index in [-0.39, 0.29) is 45.0 Å². The van der Waals surface area contributed by atoms with E-state index in [0.717, 1.165) is 51.4 Å². The lowest BCUT2D eigenvalue weighted by molar-refractivity contribution is -0.188. The zero-order chi connectivity index (χ0) is 25.1. The number of aliphatic carboxylic acids is 1. The van der Waals surface area contributed by atoms with Crippen LogP contribution in [0, 0.1) is 50.2 Å². The summed E-state index contributed by atoms with van der Waals surface area (Å²) in [6, 6.07) is 0.196. The summed E-state index contributed by atoms with van der Waals surface area (Å²) in [7, 11) is 0. The van der Waals surface area contributed by atoms with Gasteiger partial charge in [0, 0.05) is 12.0 Å². The Kier molecular flexibility index (Phi) is 5.04. The SMILES string of the molecule is CC1(C)C2CC[C@]3(C)[C@H](C(=O)C=C4[C@@H]5C[C@@](C)(C(=O)O)CC[C@]5(C)CC[C@]43C)[C@@]2(C)CC[C@@H]1N. The molecular weight excluding hydrogens is 422 g/mol. The fourth-order valence-electron chi connectivity index (χ4n) is 10.4. The van der Waals surface area contributed by atoms with Crippen molar-refractivity contribution >= 4 is 11.8 Å². The Morgan fingerprint density at radius 1 is 0.941 bits per heavy atom. The van der Waals surface area contributed by atoms with E-state index in [2.05, 4.69) is 47.6 Å². The van der Waals surface area contributed by atoms with Gasteiger partial charge in [0.05, 0.1) is 5.41 Å². The van der Waals surface area contributed by atoms with Crippen LogP contribution >= 0.6 is 0 Å². The van der Waals surface area contributed by atoms with Gasteiger partial charge in [-0.05, 0) is 110 Å². The average molecular weight is 470 g/mol. The van der Waals surface area contributed by atoms with Crippen LogP contribution in [0.1, 0.15) is 106 Å². The first-order valence-electron chi connectivity index (χ1n) is 13.8. The van der Waals surface area contributed by atoms with E-state index in [1.54, 1.807) is 0 Å². The maximum atomic E-state index is 14.2. The number of nitrogens with two attached hydrogens (primary N) is 1. The molecule has 34 heavy (non-hydrogen) atoms. The van der Waals surface area contributed by atoms with Crippen LogP contribution in [-0.2, 0) is 9.59 Å². The average Bonchev–Trinajstić information content (AvgIpc) is 2.73. The number of carbonyl (C=O) groups is 2. The molecule has 190 valence electrons. The molecule has 5 aliphatic rings. The molecule has 0 aromatic heterocycles. The Hall–Kier alpha value is -1.16. The highest BCUT2D eigenvalue weighted by Crippen LogP contribution is 2.75. The summed E-state index contributed by atoms with van der Waals surface area (Å²) in [6.07, 6.45) is 10.9. The fourth-order valence-corrected chi connectivity index (χ4v) is 10.4. The van der Waals surface area contributed by atoms with Crippen LogP contribution in [0.15, 0.2) is 11.6 Å². The van der Waals surface area contributed by atoms with Crippen LogP contribution in [0.25, 0.3) is 0 Å². The first-order valence-corrected chi connectivity index (χ1v) is 13.8. The second kappa shape index (κ2) is 6.99. The zero-order valence-electron chi connectivity index (χ0n) is 22.6. The van der Waals surface area contributed by atoms with Gasteiger partial charge in [0.2, 0.25) is 0 Å². The normalized spacial score (nSPS) is 54.1. The summed E-state index contributed by atoms with van der Waals surface area (Å²) in [6.45, 7) is 16.2. The minimum atomic E-state index is -0.697. The van der Waals surface area contributed by atoms with Crippen molar-refractivity contribution in [1.29, 1.82) is 0 Å². The third kappa shape index (κ3) is 2.81. The number of carboxylic acids is 1. The van der Waals surface area contributed by atoms with Crippen molar-refractivity contribution in [2.24, 2.45) is 56.0 Å². The number of fused-ring (bicyclic) bond motifs is 7. The van der Waals surface area contributed by atoms with Gasteiger partial charge in [-0.1, -0.05) is 47.1 Å². The van der Waals surface area contributed by atoms with Gasteiger partial charge in [0.15, 0.2) is 5.78 Å². The topological polar surface area (TPSA) is 80.4 Å². The Labute approximate surface area is 206 Å². The Morgan fingerprint density at radius 3 is 2.24 bits per heavy atom. The maximum absolute atomic E-state index is 14.2. The molecule has 4 fully saturated rings. The number of rotatable bonds is 1. The van der Waals surface area contributed by atoms with Crippen molar-refractivity contribution in [3.8, 4) is 0 Å². The maximum Gasteiger partial charge on any atom is 0.309 e. The standard InChI is InChI=1S/C30H47NO3/c1-25(2)21-8-11-30(7)23(28(21,5)10-9-22(25)31)20(32)16-18-19-17-27(4,24(33)34)13-12-26(19,3)14-15-29(18,30)6/h16,19,21-23H,8-15,17,31H2,1-7H3,(H,33,34)/t19-,21?,22-,23+,26+,27-,28-,29+,30+/m0/s1. The van der Waals surface area contributed by atoms with E-state index < -0.39 is 11.4 Å². The molecule has 4 heteroatoms. The van der Waals surface area contributed by atoms with E-state index in [9.17, 15) is 14.7 Å². The predicted octanol–water partition coefficient (Wildman–Crippen LogP) is 6.38. The van der Waals surface area contributed by atoms with Gasteiger partial charge in [0.25, 0.3) is 0 Å². The molecule has 0 heterocycles. The molecule has 4 saturated carbocycles. The highest BCUT2D eigenvalue weighted by atomic mass is 16.4. The summed E-state index contributed by atoms with van der Waals surface area (Å²) in [5.74, 6) is 0.313. The van der Waals surface area contributed by atoms with Crippen LogP contribution in [0.2, 0.25) is 0 Å². The first kappa shape index (κ1) is 24.5. The van der Waals surface area contributed by atoms with Gasteiger partial charge in [-0.3, -0.25) is 9.59 Å². The van der Waals surface area contributed by atoms with E-state index in [1.807, 2.05) is 6.92 Å². The molecule has 9 atom stereocenters. The molecule has 0 aromatic rings. The van der Waals surface area contributed by atoms with Crippen LogP contribution in [0.3, 0.4) is 0 Å². The van der Waals surface area contributed by atoms with Gasteiger partial charge in [0.1, 0.15) is 0 Å². The number of carboxylic acid groups (broad SMARTS) is 1. The molecule has 0 radical (unpaired) electrons. The van der Waals surface area contributed by atoms with E-state index in [0.29, 0.717) is 18.1 Å². The summed E-state index contributed by atoms with van der Waals surface area (Å²) in [5.41, 5.74) is 7.21. The van der Waals surface area contributed by atoms with Crippen molar-refractivity contribution in [2.45, 2.75) is 112 Å². The predicted molar refractivity (Wildman–Crippen MR) is 135 cm³/mol. The summed E-state index contributed by atoms with van der Waals surface area (Å²) < 4.78 is 0. The number of hydrogen-bond acceptors (Lipinski definition) is 3. The molecule has 0 aromatic carbocycles. The van der Waals surface area contributed by atoms with Crippen LogP contribution in [0.5, 0.6) is 0 Å². The highest BCUT2D eigenvalue weighted by Gasteiger charge is 2.70. The van der Waals surface area contributed by atoms with Crippen LogP contribution < -0.4 is 5.73 Å². The van der Waals surface area contributed by atoms with Crippen molar-refractivity contribution in [3.05, 3.63) is 11.6 Å². The summed E-state index contributed by atoms with van der Waals surface area (Å²) in [5, 5.41) is 10.1. The summed E-state index contributed by atoms with van der Waals surface area (Å²) in [4.78, 5) is 26.5. The number of hydrogen-bond donors (Lipinski definition) is 2. The molecule has 0 amide bonds. The Morgan fingerprint density at radius 2 is 1.59 bits per heavy atom. The molecule has 0 bridgehead atoms. The minimum Gasteiger partial charge on any atom is -0.481 e. The van der Waals surface area contributed by atoms with Crippen molar-refractivity contribution in [3.63, 3.8) is 0 Å². The summed E-state index contributed by atoms with van der Waals surface area (Å²) >= 11 is 0. The second-order valence-corrected chi connectivity index (χ2v) is 15.0. The smallest absolute Gasteiger partial charge is 0.309 e. The molecular formula is C30H47NO3. The molecule has 1 unspecified atom stereocenters. The fraction of sp³-hybridized carbons (Fsp3) is 0.867. The third-order valence-electron chi connectivity index (χ3n) is 13.2. The van der Waals surface area contributed by atoms with E-state index >= 15 is 0 Å². The Balaban J connectivity index is 1.62. The zero-order valence-corrected chi connectivity index (χ0v) is 22.6. The quantitative estimate of drug-likeness (QED) is 0.467. The molecule has 0 saturated heterocycles. The number of ketones is 1. The largest absolute Gasteiger partial charge is 0.481 e. The third-order valence-corrected chi connectivity index (χ3v) is 13.2. The Bertz CT molecular complexity index is 968. The molecule has 5 rings (SSSR count). The molecule has 0 spiro atoms. The first-order chi connectivity index (χ1) is 15.6. The van der Waals surface area contributed by atoms with Crippen molar-refractivity contribution in [2.75, 3.05) is 0 Å². The van der Waals surface area contributed by atoms with Gasteiger partial charge in [-0.25, -0.2) is 0 Å². The number of allylic oxidation sites excluding steroid dienone is 2. The molecule has 0 aliphatic heterocycles. The van der Waals surface area contributed by atoms with Crippen LogP contribution in [0.4, 0.5) is 0 Å². The lowest BCUT2D eigenvalue weighted by atomic mass is 9.33. The molecule has 4 nitrogen and oxygen atoms in total. The second-order valence-electron chi connectivity index (χ2n) is 15.0. The van der Waals surface area contributed by atoms with Gasteiger partial charge in [-0.2, -0.15) is 0 Å². The van der Waals surface area contributed by atoms with Crippen LogP contribution in [-0.4, -0.2) is 22.9 Å². The van der Waals surface area contributed by atoms with E-state index in [4.69, 9.17) is 5.73 Å². The molecule has 3 N–H and O–H groups in total. The lowest BCUT2D eigenvalue weighted by Gasteiger charge is -2.70.